The fourth-order valence-corrected chi connectivity index (χ4v) is 4.13. The highest BCUT2D eigenvalue weighted by Crippen LogP contribution is 2.30. The SMILES string of the molecule is CCN(CC)CCNC(=O)c1ccc(-c2cnc(N)c(OCCc3c(Cl)ccc(F)c3Cl)c2)cc1. The van der Waals surface area contributed by atoms with Gasteiger partial charge in [-0.25, -0.2) is 9.37 Å². The van der Waals surface area contributed by atoms with Gasteiger partial charge in [-0.1, -0.05) is 49.2 Å². The van der Waals surface area contributed by atoms with Crippen LogP contribution in [0.2, 0.25) is 10.0 Å². The number of anilines is 1. The molecule has 0 bridgehead atoms. The van der Waals surface area contributed by atoms with Crippen molar-refractivity contribution in [2.75, 3.05) is 38.5 Å². The number of rotatable bonds is 11. The highest BCUT2D eigenvalue weighted by molar-refractivity contribution is 6.36. The van der Waals surface area contributed by atoms with E-state index in [2.05, 4.69) is 29.0 Å². The number of halogens is 3. The van der Waals surface area contributed by atoms with Gasteiger partial charge in [0.1, 0.15) is 5.82 Å². The number of nitrogen functional groups attached to an aromatic ring is 1. The Labute approximate surface area is 215 Å². The Morgan fingerprint density at radius 1 is 1.11 bits per heavy atom. The molecule has 3 rings (SSSR count). The van der Waals surface area contributed by atoms with Gasteiger partial charge in [-0.05, 0) is 54.5 Å². The summed E-state index contributed by atoms with van der Waals surface area (Å²) in [5.41, 5.74) is 8.67. The minimum Gasteiger partial charge on any atom is -0.489 e. The standard InChI is InChI=1S/C26H29Cl2FN4O2/c1-3-33(4-2)13-12-31-26(34)18-7-5-17(6-8-18)19-15-23(25(30)32-16-19)35-14-11-20-21(27)9-10-22(29)24(20)28/h5-10,15-16H,3-4,11-14H2,1-2H3,(H2,30,32)(H,31,34). The summed E-state index contributed by atoms with van der Waals surface area (Å²) in [5.74, 6) is -0.0214. The summed E-state index contributed by atoms with van der Waals surface area (Å²) < 4.78 is 19.5. The topological polar surface area (TPSA) is 80.5 Å². The molecule has 9 heteroatoms. The van der Waals surface area contributed by atoms with Crippen LogP contribution in [0, 0.1) is 5.82 Å². The molecule has 186 valence electrons. The molecule has 3 aromatic rings. The zero-order chi connectivity index (χ0) is 25.4. The second-order valence-corrected chi connectivity index (χ2v) is 8.67. The van der Waals surface area contributed by atoms with Crippen molar-refractivity contribution < 1.29 is 13.9 Å². The molecule has 1 heterocycles. The summed E-state index contributed by atoms with van der Waals surface area (Å²) in [6, 6.07) is 11.7. The Morgan fingerprint density at radius 2 is 1.83 bits per heavy atom. The molecule has 0 fully saturated rings. The number of aromatic nitrogens is 1. The Hall–Kier alpha value is -2.87. The molecule has 0 spiro atoms. The van der Waals surface area contributed by atoms with E-state index in [0.29, 0.717) is 34.9 Å². The number of hydrogen-bond donors (Lipinski definition) is 2. The Balaban J connectivity index is 1.63. The normalized spacial score (nSPS) is 11.0. The van der Waals surface area contributed by atoms with E-state index >= 15 is 0 Å². The molecule has 0 radical (unpaired) electrons. The van der Waals surface area contributed by atoms with Gasteiger partial charge in [-0.2, -0.15) is 0 Å². The second-order valence-electron chi connectivity index (χ2n) is 7.89. The summed E-state index contributed by atoms with van der Waals surface area (Å²) >= 11 is 12.2. The third-order valence-electron chi connectivity index (χ3n) is 5.72. The van der Waals surface area contributed by atoms with Crippen molar-refractivity contribution in [3.05, 3.63) is 75.7 Å². The lowest BCUT2D eigenvalue weighted by molar-refractivity contribution is 0.0949. The van der Waals surface area contributed by atoms with Gasteiger partial charge in [0.05, 0.1) is 11.6 Å². The lowest BCUT2D eigenvalue weighted by Gasteiger charge is -2.18. The van der Waals surface area contributed by atoms with Gasteiger partial charge >= 0.3 is 0 Å². The number of carbonyl (C=O) groups excluding carboxylic acids is 1. The Morgan fingerprint density at radius 3 is 2.51 bits per heavy atom. The monoisotopic (exact) mass is 518 g/mol. The number of amides is 1. The number of benzene rings is 2. The molecule has 1 amide bonds. The molecule has 0 aliphatic heterocycles. The first-order chi connectivity index (χ1) is 16.8. The maximum Gasteiger partial charge on any atom is 0.251 e. The molecule has 0 saturated heterocycles. The molecule has 0 unspecified atom stereocenters. The minimum absolute atomic E-state index is 0.0156. The van der Waals surface area contributed by atoms with Crippen molar-refractivity contribution in [3.8, 4) is 16.9 Å². The van der Waals surface area contributed by atoms with E-state index < -0.39 is 5.82 Å². The van der Waals surface area contributed by atoms with Gasteiger partial charge in [0.25, 0.3) is 5.91 Å². The van der Waals surface area contributed by atoms with Gasteiger partial charge in [-0.3, -0.25) is 4.79 Å². The highest BCUT2D eigenvalue weighted by atomic mass is 35.5. The van der Waals surface area contributed by atoms with Crippen molar-refractivity contribution in [1.82, 2.24) is 15.2 Å². The first-order valence-corrected chi connectivity index (χ1v) is 12.2. The van der Waals surface area contributed by atoms with E-state index in [9.17, 15) is 9.18 Å². The molecule has 0 aliphatic rings. The Kier molecular flexibility index (Phi) is 9.72. The van der Waals surface area contributed by atoms with Crippen LogP contribution in [-0.2, 0) is 6.42 Å². The third-order valence-corrected chi connectivity index (χ3v) is 6.48. The molecular weight excluding hydrogens is 490 g/mol. The van der Waals surface area contributed by atoms with Crippen molar-refractivity contribution in [1.29, 1.82) is 0 Å². The number of ether oxygens (including phenoxy) is 1. The van der Waals surface area contributed by atoms with Crippen molar-refractivity contribution in [2.24, 2.45) is 0 Å². The van der Waals surface area contributed by atoms with Crippen molar-refractivity contribution in [2.45, 2.75) is 20.3 Å². The average Bonchev–Trinajstić information content (AvgIpc) is 2.87. The third kappa shape index (κ3) is 7.07. The molecule has 1 aromatic heterocycles. The van der Waals surface area contributed by atoms with E-state index in [1.165, 1.54) is 12.1 Å². The number of nitrogens with one attached hydrogen (secondary N) is 1. The maximum absolute atomic E-state index is 13.7. The van der Waals surface area contributed by atoms with E-state index in [1.54, 1.807) is 24.4 Å². The predicted molar refractivity (Wildman–Crippen MR) is 140 cm³/mol. The molecule has 0 saturated carbocycles. The number of likely N-dealkylation sites (N-methyl/N-ethyl adjacent to an activating group) is 1. The zero-order valence-corrected chi connectivity index (χ0v) is 21.3. The van der Waals surface area contributed by atoms with Crippen LogP contribution >= 0.6 is 23.2 Å². The van der Waals surface area contributed by atoms with Crippen LogP contribution in [-0.4, -0.2) is 48.6 Å². The molecule has 35 heavy (non-hydrogen) atoms. The maximum atomic E-state index is 13.7. The first-order valence-electron chi connectivity index (χ1n) is 11.5. The largest absolute Gasteiger partial charge is 0.489 e. The van der Waals surface area contributed by atoms with E-state index in [0.717, 1.165) is 30.8 Å². The number of nitrogens with two attached hydrogens (primary N) is 1. The lowest BCUT2D eigenvalue weighted by atomic mass is 10.0. The van der Waals surface area contributed by atoms with Crippen LogP contribution in [0.4, 0.5) is 10.2 Å². The van der Waals surface area contributed by atoms with E-state index in [4.69, 9.17) is 33.7 Å². The summed E-state index contributed by atoms with van der Waals surface area (Å²) in [6.45, 7) is 7.70. The van der Waals surface area contributed by atoms with Crippen molar-refractivity contribution >= 4 is 34.9 Å². The molecular formula is C26H29Cl2FN4O2. The second kappa shape index (κ2) is 12.7. The summed E-state index contributed by atoms with van der Waals surface area (Å²) in [5, 5.41) is 3.31. The van der Waals surface area contributed by atoms with Crippen LogP contribution in [0.25, 0.3) is 11.1 Å². The van der Waals surface area contributed by atoms with Gasteiger partial charge < -0.3 is 20.7 Å². The van der Waals surface area contributed by atoms with Gasteiger partial charge in [0, 0.05) is 41.9 Å². The van der Waals surface area contributed by atoms with Gasteiger partial charge in [-0.15, -0.1) is 0 Å². The average molecular weight is 519 g/mol. The van der Waals surface area contributed by atoms with Gasteiger partial charge in [0.2, 0.25) is 0 Å². The number of pyridine rings is 1. The number of carbonyl (C=O) groups is 1. The summed E-state index contributed by atoms with van der Waals surface area (Å²) in [6.07, 6.45) is 1.94. The molecule has 2 aromatic carbocycles. The summed E-state index contributed by atoms with van der Waals surface area (Å²) in [4.78, 5) is 18.9. The van der Waals surface area contributed by atoms with Crippen LogP contribution in [0.3, 0.4) is 0 Å². The number of hydrogen-bond acceptors (Lipinski definition) is 5. The predicted octanol–water partition coefficient (Wildman–Crippen LogP) is 5.47. The first kappa shape index (κ1) is 26.7. The molecule has 6 nitrogen and oxygen atoms in total. The number of nitrogens with zero attached hydrogens (tertiary/aromatic N) is 2. The highest BCUT2D eigenvalue weighted by Gasteiger charge is 2.13. The van der Waals surface area contributed by atoms with E-state index in [1.807, 2.05) is 12.1 Å². The molecule has 0 aliphatic carbocycles. The van der Waals surface area contributed by atoms with Crippen molar-refractivity contribution in [3.63, 3.8) is 0 Å². The summed E-state index contributed by atoms with van der Waals surface area (Å²) in [7, 11) is 0. The fourth-order valence-electron chi connectivity index (χ4n) is 3.57. The lowest BCUT2D eigenvalue weighted by Crippen LogP contribution is -2.34. The van der Waals surface area contributed by atoms with E-state index in [-0.39, 0.29) is 23.4 Å². The quantitative estimate of drug-likeness (QED) is 0.329. The molecule has 0 atom stereocenters. The zero-order valence-electron chi connectivity index (χ0n) is 19.8. The van der Waals surface area contributed by atoms with Crippen LogP contribution in [0.1, 0.15) is 29.8 Å². The minimum atomic E-state index is -0.532. The van der Waals surface area contributed by atoms with Crippen LogP contribution in [0.5, 0.6) is 5.75 Å². The van der Waals surface area contributed by atoms with Gasteiger partial charge in [0.15, 0.2) is 11.6 Å². The van der Waals surface area contributed by atoms with Crippen LogP contribution in [0.15, 0.2) is 48.7 Å². The van der Waals surface area contributed by atoms with Crippen LogP contribution < -0.4 is 15.8 Å². The fraction of sp³-hybridized carbons (Fsp3) is 0.308. The smallest absolute Gasteiger partial charge is 0.251 e. The molecule has 3 N–H and O–H groups in total. The Bertz CT molecular complexity index is 1150.